The van der Waals surface area contributed by atoms with Gasteiger partial charge in [-0.15, -0.1) is 0 Å². The SMILES string of the molecule is COCCOc1ccccc1C(=O)N1CCC1. The summed E-state index contributed by atoms with van der Waals surface area (Å²) < 4.78 is 10.5. The third-order valence-corrected chi connectivity index (χ3v) is 2.81. The van der Waals surface area contributed by atoms with Gasteiger partial charge in [0, 0.05) is 20.2 Å². The van der Waals surface area contributed by atoms with Crippen molar-refractivity contribution in [1.29, 1.82) is 0 Å². The zero-order valence-electron chi connectivity index (χ0n) is 10.0. The summed E-state index contributed by atoms with van der Waals surface area (Å²) in [6, 6.07) is 7.36. The number of carbonyl (C=O) groups excluding carboxylic acids is 1. The standard InChI is InChI=1S/C13H17NO3/c1-16-9-10-17-12-6-3-2-5-11(12)13(15)14-7-4-8-14/h2-3,5-6H,4,7-10H2,1H3. The monoisotopic (exact) mass is 235 g/mol. The molecule has 0 radical (unpaired) electrons. The van der Waals surface area contributed by atoms with Gasteiger partial charge in [0.15, 0.2) is 0 Å². The van der Waals surface area contributed by atoms with Crippen molar-refractivity contribution in [3.63, 3.8) is 0 Å². The normalized spacial score (nSPS) is 14.3. The van der Waals surface area contributed by atoms with Crippen LogP contribution in [0.1, 0.15) is 16.8 Å². The first kappa shape index (κ1) is 11.9. The number of methoxy groups -OCH3 is 1. The number of rotatable bonds is 5. The van der Waals surface area contributed by atoms with E-state index in [1.54, 1.807) is 7.11 Å². The molecule has 92 valence electrons. The Morgan fingerprint density at radius 3 is 2.71 bits per heavy atom. The van der Waals surface area contributed by atoms with Crippen molar-refractivity contribution in [3.8, 4) is 5.75 Å². The number of ether oxygens (including phenoxy) is 2. The Balaban J connectivity index is 2.06. The Hall–Kier alpha value is -1.55. The lowest BCUT2D eigenvalue weighted by Gasteiger charge is -2.31. The molecule has 1 fully saturated rings. The van der Waals surface area contributed by atoms with Gasteiger partial charge in [-0.2, -0.15) is 0 Å². The maximum Gasteiger partial charge on any atom is 0.257 e. The van der Waals surface area contributed by atoms with Crippen LogP contribution in [0.3, 0.4) is 0 Å². The van der Waals surface area contributed by atoms with Crippen molar-refractivity contribution in [3.05, 3.63) is 29.8 Å². The van der Waals surface area contributed by atoms with Crippen LogP contribution in [0.15, 0.2) is 24.3 Å². The number of likely N-dealkylation sites (tertiary alicyclic amines) is 1. The highest BCUT2D eigenvalue weighted by molar-refractivity contribution is 5.97. The fourth-order valence-electron chi connectivity index (χ4n) is 1.69. The summed E-state index contributed by atoms with van der Waals surface area (Å²) in [5, 5.41) is 0. The number of hydrogen-bond acceptors (Lipinski definition) is 3. The Bertz CT molecular complexity index is 388. The molecule has 2 rings (SSSR count). The van der Waals surface area contributed by atoms with Crippen LogP contribution in [0.5, 0.6) is 5.75 Å². The van der Waals surface area contributed by atoms with E-state index in [4.69, 9.17) is 9.47 Å². The molecule has 1 amide bonds. The topological polar surface area (TPSA) is 38.8 Å². The second-order valence-corrected chi connectivity index (χ2v) is 3.98. The van der Waals surface area contributed by atoms with Gasteiger partial charge >= 0.3 is 0 Å². The number of hydrogen-bond donors (Lipinski definition) is 0. The van der Waals surface area contributed by atoms with E-state index < -0.39 is 0 Å². The quantitative estimate of drug-likeness (QED) is 0.727. The van der Waals surface area contributed by atoms with Crippen molar-refractivity contribution in [2.75, 3.05) is 33.4 Å². The summed E-state index contributed by atoms with van der Waals surface area (Å²) in [6.07, 6.45) is 1.10. The van der Waals surface area contributed by atoms with Crippen molar-refractivity contribution in [2.24, 2.45) is 0 Å². The zero-order chi connectivity index (χ0) is 12.1. The smallest absolute Gasteiger partial charge is 0.257 e. The average molecular weight is 235 g/mol. The molecule has 0 aliphatic carbocycles. The molecule has 0 N–H and O–H groups in total. The van der Waals surface area contributed by atoms with Crippen LogP contribution in [0, 0.1) is 0 Å². The van der Waals surface area contributed by atoms with Gasteiger partial charge < -0.3 is 14.4 Å². The lowest BCUT2D eigenvalue weighted by atomic mass is 10.1. The number of amides is 1. The summed E-state index contributed by atoms with van der Waals surface area (Å²) >= 11 is 0. The highest BCUT2D eigenvalue weighted by Crippen LogP contribution is 2.22. The van der Waals surface area contributed by atoms with E-state index >= 15 is 0 Å². The van der Waals surface area contributed by atoms with Gasteiger partial charge in [0.2, 0.25) is 0 Å². The molecule has 4 nitrogen and oxygen atoms in total. The van der Waals surface area contributed by atoms with Crippen LogP contribution in [-0.2, 0) is 4.74 Å². The van der Waals surface area contributed by atoms with E-state index in [1.807, 2.05) is 29.2 Å². The summed E-state index contributed by atoms with van der Waals surface area (Å²) in [5.74, 6) is 0.700. The highest BCUT2D eigenvalue weighted by atomic mass is 16.5. The molecule has 4 heteroatoms. The molecular formula is C13H17NO3. The van der Waals surface area contributed by atoms with Crippen molar-refractivity contribution >= 4 is 5.91 Å². The average Bonchev–Trinajstić information content (AvgIpc) is 2.27. The van der Waals surface area contributed by atoms with Gasteiger partial charge in [-0.1, -0.05) is 12.1 Å². The van der Waals surface area contributed by atoms with Gasteiger partial charge in [0.1, 0.15) is 12.4 Å². The summed E-state index contributed by atoms with van der Waals surface area (Å²) in [7, 11) is 1.63. The second-order valence-electron chi connectivity index (χ2n) is 3.98. The lowest BCUT2D eigenvalue weighted by molar-refractivity contribution is 0.0645. The van der Waals surface area contributed by atoms with E-state index in [1.165, 1.54) is 0 Å². The first-order valence-corrected chi connectivity index (χ1v) is 5.83. The summed E-state index contributed by atoms with van der Waals surface area (Å²) in [6.45, 7) is 2.68. The first-order valence-electron chi connectivity index (χ1n) is 5.83. The number of para-hydroxylation sites is 1. The largest absolute Gasteiger partial charge is 0.490 e. The Morgan fingerprint density at radius 2 is 2.06 bits per heavy atom. The van der Waals surface area contributed by atoms with E-state index in [2.05, 4.69) is 0 Å². The molecule has 0 aromatic heterocycles. The van der Waals surface area contributed by atoms with Crippen molar-refractivity contribution in [1.82, 2.24) is 4.90 Å². The molecule has 1 aliphatic rings. The van der Waals surface area contributed by atoms with Crippen LogP contribution in [0.2, 0.25) is 0 Å². The molecule has 1 aromatic carbocycles. The van der Waals surface area contributed by atoms with Gasteiger partial charge in [-0.3, -0.25) is 4.79 Å². The Labute approximate surface area is 101 Å². The maximum atomic E-state index is 12.1. The van der Waals surface area contributed by atoms with Crippen LogP contribution in [0.4, 0.5) is 0 Å². The number of benzene rings is 1. The van der Waals surface area contributed by atoms with Gasteiger partial charge in [0.25, 0.3) is 5.91 Å². The third-order valence-electron chi connectivity index (χ3n) is 2.81. The minimum Gasteiger partial charge on any atom is -0.490 e. The molecule has 1 aliphatic heterocycles. The number of carbonyl (C=O) groups is 1. The van der Waals surface area contributed by atoms with E-state index in [0.717, 1.165) is 19.5 Å². The Morgan fingerprint density at radius 1 is 1.29 bits per heavy atom. The van der Waals surface area contributed by atoms with Gasteiger partial charge in [-0.05, 0) is 18.6 Å². The molecule has 0 spiro atoms. The van der Waals surface area contributed by atoms with Crippen LogP contribution < -0.4 is 4.74 Å². The van der Waals surface area contributed by atoms with Crippen molar-refractivity contribution in [2.45, 2.75) is 6.42 Å². The maximum absolute atomic E-state index is 12.1. The minimum absolute atomic E-state index is 0.0595. The second kappa shape index (κ2) is 5.68. The van der Waals surface area contributed by atoms with Crippen LogP contribution in [-0.4, -0.2) is 44.2 Å². The Kier molecular flexibility index (Phi) is 3.98. The fraction of sp³-hybridized carbons (Fsp3) is 0.462. The molecule has 1 saturated heterocycles. The molecule has 0 atom stereocenters. The summed E-state index contributed by atoms with van der Waals surface area (Å²) in [5.41, 5.74) is 0.642. The fourth-order valence-corrected chi connectivity index (χ4v) is 1.69. The molecule has 0 bridgehead atoms. The molecule has 0 saturated carbocycles. The third kappa shape index (κ3) is 2.77. The molecule has 0 unspecified atom stereocenters. The minimum atomic E-state index is 0.0595. The molecular weight excluding hydrogens is 218 g/mol. The first-order chi connectivity index (χ1) is 8.33. The lowest BCUT2D eigenvalue weighted by Crippen LogP contribution is -2.42. The highest BCUT2D eigenvalue weighted by Gasteiger charge is 2.23. The van der Waals surface area contributed by atoms with Crippen molar-refractivity contribution < 1.29 is 14.3 Å². The van der Waals surface area contributed by atoms with Gasteiger partial charge in [-0.25, -0.2) is 0 Å². The molecule has 17 heavy (non-hydrogen) atoms. The zero-order valence-corrected chi connectivity index (χ0v) is 10.0. The van der Waals surface area contributed by atoms with E-state index in [0.29, 0.717) is 24.5 Å². The van der Waals surface area contributed by atoms with Crippen LogP contribution in [0.25, 0.3) is 0 Å². The van der Waals surface area contributed by atoms with E-state index in [9.17, 15) is 4.79 Å². The van der Waals surface area contributed by atoms with Gasteiger partial charge in [0.05, 0.1) is 12.2 Å². The molecule has 1 heterocycles. The van der Waals surface area contributed by atoms with E-state index in [-0.39, 0.29) is 5.91 Å². The predicted octanol–water partition coefficient (Wildman–Crippen LogP) is 1.56. The predicted molar refractivity (Wildman–Crippen MR) is 64.3 cm³/mol. The summed E-state index contributed by atoms with van der Waals surface area (Å²) in [4.78, 5) is 13.9. The molecule has 1 aromatic rings. The number of nitrogens with zero attached hydrogens (tertiary/aromatic N) is 1. The van der Waals surface area contributed by atoms with Crippen LogP contribution >= 0.6 is 0 Å².